The minimum atomic E-state index is -3.21. The third-order valence-corrected chi connectivity index (χ3v) is 12.5. The summed E-state index contributed by atoms with van der Waals surface area (Å²) in [4.78, 5) is 0. The molecular formula is C33H19N4O2P+2. The Labute approximate surface area is 227 Å². The number of rotatable bonds is 1. The quantitative estimate of drug-likeness (QED) is 0.235. The summed E-state index contributed by atoms with van der Waals surface area (Å²) < 4.78 is 31.7. The summed E-state index contributed by atoms with van der Waals surface area (Å²) >= 11 is 0. The summed E-state index contributed by atoms with van der Waals surface area (Å²) in [6.45, 7) is 0. The van der Waals surface area contributed by atoms with E-state index in [9.17, 15) is 0 Å². The van der Waals surface area contributed by atoms with Gasteiger partial charge in [-0.2, -0.15) is 9.13 Å². The van der Waals surface area contributed by atoms with Gasteiger partial charge in [0.05, 0.1) is 17.7 Å². The third kappa shape index (κ3) is 1.78. The molecule has 0 bridgehead atoms. The molecule has 7 aromatic rings. The van der Waals surface area contributed by atoms with Gasteiger partial charge in [0.25, 0.3) is 0 Å². The number of hydrogen-bond donors (Lipinski definition) is 0. The summed E-state index contributed by atoms with van der Waals surface area (Å²) in [5.74, 6) is 2.65. The Bertz CT molecular complexity index is 2400. The van der Waals surface area contributed by atoms with E-state index >= 15 is 4.57 Å². The molecule has 7 heteroatoms. The summed E-state index contributed by atoms with van der Waals surface area (Å²) in [6, 6.07) is 33.1. The summed E-state index contributed by atoms with van der Waals surface area (Å²) in [7, 11) is -3.21. The maximum atomic E-state index is 15.8. The molecule has 0 radical (unpaired) electrons. The first kappa shape index (κ1) is 20.0. The Balaban J connectivity index is 1.48. The van der Waals surface area contributed by atoms with Gasteiger partial charge in [-0.15, -0.1) is 4.68 Å². The van der Waals surface area contributed by atoms with Crippen molar-refractivity contribution in [2.24, 2.45) is 0 Å². The van der Waals surface area contributed by atoms with Gasteiger partial charge in [0.1, 0.15) is 28.1 Å². The van der Waals surface area contributed by atoms with Gasteiger partial charge < -0.3 is 9.30 Å². The van der Waals surface area contributed by atoms with E-state index in [1.54, 1.807) is 0 Å². The van der Waals surface area contributed by atoms with Crippen LogP contribution in [0.1, 0.15) is 11.1 Å². The number of para-hydroxylation sites is 1. The maximum absolute atomic E-state index is 15.8. The fourth-order valence-electron chi connectivity index (χ4n) is 8.04. The van der Waals surface area contributed by atoms with Gasteiger partial charge in [0.2, 0.25) is 6.20 Å². The molecule has 4 aromatic carbocycles. The minimum Gasteiger partial charge on any atom is -0.456 e. The molecule has 40 heavy (non-hydrogen) atoms. The number of fused-ring (bicyclic) bond motifs is 3. The predicted octanol–water partition coefficient (Wildman–Crippen LogP) is 4.13. The monoisotopic (exact) mass is 534 g/mol. The lowest BCUT2D eigenvalue weighted by Gasteiger charge is -2.35. The Morgan fingerprint density at radius 2 is 1.52 bits per heavy atom. The smallest absolute Gasteiger partial charge is 0.397 e. The third-order valence-electron chi connectivity index (χ3n) is 9.38. The summed E-state index contributed by atoms with van der Waals surface area (Å²) in [5, 5.41) is 4.87. The van der Waals surface area contributed by atoms with Crippen LogP contribution in [-0.2, 0) is 10.2 Å². The average Bonchev–Trinajstić information content (AvgIpc) is 3.69. The molecule has 4 aliphatic rings. The Kier molecular flexibility index (Phi) is 3.06. The second-order valence-electron chi connectivity index (χ2n) is 11.0. The summed E-state index contributed by atoms with van der Waals surface area (Å²) in [6.07, 6.45) is 6.41. The molecule has 0 amide bonds. The van der Waals surface area contributed by atoms with Crippen molar-refractivity contribution in [3.8, 4) is 23.0 Å². The van der Waals surface area contributed by atoms with Crippen molar-refractivity contribution >= 4 is 44.9 Å². The molecular weight excluding hydrogens is 515 g/mol. The van der Waals surface area contributed by atoms with Crippen LogP contribution in [0.15, 0.2) is 116 Å². The standard InChI is InChI=1S/C33H19N4O2P/c38-40(20-8-2-1-3-9-20)26-13-4-10-21-22-15-16-25-29-31(22)37(30(21)26)32-27(40)14-6-17-34(32)33(29)28-23(11-5-12-24(28)39-25)35-18-7-19-36(33)35/h1-19H/q+2. The molecule has 1 spiro atoms. The maximum Gasteiger partial charge on any atom is 0.397 e. The van der Waals surface area contributed by atoms with E-state index in [4.69, 9.17) is 4.74 Å². The van der Waals surface area contributed by atoms with Gasteiger partial charge in [-0.3, -0.25) is 0 Å². The summed E-state index contributed by atoms with van der Waals surface area (Å²) in [5.41, 5.74) is 4.71. The van der Waals surface area contributed by atoms with Crippen LogP contribution >= 0.6 is 7.14 Å². The minimum absolute atomic E-state index is 0.739. The lowest BCUT2D eigenvalue weighted by Crippen LogP contribution is -2.77. The molecule has 6 nitrogen and oxygen atoms in total. The SMILES string of the molecule is O=P1(c2ccccc2)c2ccc[n+]3c2-n2c4c1cccc4c1ccc4c(c12)C31c2c(cccc2-n2ccc[n+]21)O4. The molecule has 0 saturated heterocycles. The normalized spacial score (nSPS) is 21.5. The van der Waals surface area contributed by atoms with E-state index in [0.29, 0.717) is 0 Å². The average molecular weight is 535 g/mol. The Hall–Kier alpha value is -4.93. The molecule has 7 heterocycles. The first-order valence-electron chi connectivity index (χ1n) is 13.5. The van der Waals surface area contributed by atoms with Crippen molar-refractivity contribution in [3.05, 3.63) is 127 Å². The number of hydrogen-bond acceptors (Lipinski definition) is 2. The second-order valence-corrected chi connectivity index (χ2v) is 13.7. The highest BCUT2D eigenvalue weighted by atomic mass is 31.2. The molecule has 4 aliphatic heterocycles. The van der Waals surface area contributed by atoms with Crippen molar-refractivity contribution in [3.63, 3.8) is 0 Å². The number of pyridine rings is 1. The van der Waals surface area contributed by atoms with Gasteiger partial charge in [-0.1, -0.05) is 47.1 Å². The van der Waals surface area contributed by atoms with Gasteiger partial charge in [-0.05, 0) is 48.5 Å². The van der Waals surface area contributed by atoms with Crippen LogP contribution in [0.2, 0.25) is 0 Å². The zero-order valence-corrected chi connectivity index (χ0v) is 21.9. The second kappa shape index (κ2) is 6.11. The Morgan fingerprint density at radius 1 is 0.700 bits per heavy atom. The molecule has 2 atom stereocenters. The molecule has 0 N–H and O–H groups in total. The van der Waals surface area contributed by atoms with E-state index in [0.717, 1.165) is 71.9 Å². The van der Waals surface area contributed by atoms with E-state index in [2.05, 4.69) is 104 Å². The molecule has 186 valence electrons. The van der Waals surface area contributed by atoms with Crippen LogP contribution in [0, 0.1) is 0 Å². The van der Waals surface area contributed by atoms with E-state index < -0.39 is 12.8 Å². The fourth-order valence-corrected chi connectivity index (χ4v) is 11.1. The lowest BCUT2D eigenvalue weighted by molar-refractivity contribution is -0.993. The zero-order chi connectivity index (χ0) is 26.0. The molecule has 0 fully saturated rings. The first-order chi connectivity index (χ1) is 19.7. The van der Waals surface area contributed by atoms with Crippen LogP contribution in [0.5, 0.6) is 11.5 Å². The lowest BCUT2D eigenvalue weighted by atomic mass is 9.84. The molecule has 2 unspecified atom stereocenters. The van der Waals surface area contributed by atoms with Crippen LogP contribution in [0.25, 0.3) is 33.3 Å². The van der Waals surface area contributed by atoms with Crippen molar-refractivity contribution < 1.29 is 18.6 Å². The van der Waals surface area contributed by atoms with Crippen molar-refractivity contribution in [1.29, 1.82) is 0 Å². The fraction of sp³-hybridized carbons (Fsp3) is 0.0303. The van der Waals surface area contributed by atoms with Gasteiger partial charge >= 0.3 is 11.5 Å². The largest absolute Gasteiger partial charge is 0.456 e. The molecule has 11 rings (SSSR count). The van der Waals surface area contributed by atoms with Crippen molar-refractivity contribution in [2.75, 3.05) is 0 Å². The van der Waals surface area contributed by atoms with Crippen LogP contribution in [-0.4, -0.2) is 9.25 Å². The number of ether oxygens (including phenoxy) is 1. The first-order valence-corrected chi connectivity index (χ1v) is 15.2. The zero-order valence-electron chi connectivity index (χ0n) is 21.0. The van der Waals surface area contributed by atoms with Crippen LogP contribution in [0.3, 0.4) is 0 Å². The number of nitrogens with zero attached hydrogens (tertiary/aromatic N) is 4. The highest BCUT2D eigenvalue weighted by Crippen LogP contribution is 2.58. The molecule has 0 aliphatic carbocycles. The number of benzene rings is 4. The molecule has 0 saturated carbocycles. The van der Waals surface area contributed by atoms with Crippen LogP contribution in [0.4, 0.5) is 0 Å². The van der Waals surface area contributed by atoms with Gasteiger partial charge in [0.15, 0.2) is 23.7 Å². The van der Waals surface area contributed by atoms with Gasteiger partial charge in [-0.25, -0.2) is 0 Å². The topological polar surface area (TPSA) is 43.9 Å². The van der Waals surface area contributed by atoms with Crippen molar-refractivity contribution in [2.45, 2.75) is 5.66 Å². The molecule has 3 aromatic heterocycles. The van der Waals surface area contributed by atoms with Crippen molar-refractivity contribution in [1.82, 2.24) is 9.25 Å². The Morgan fingerprint density at radius 3 is 2.45 bits per heavy atom. The van der Waals surface area contributed by atoms with Crippen LogP contribution < -0.4 is 29.9 Å². The van der Waals surface area contributed by atoms with E-state index in [-0.39, 0.29) is 0 Å². The highest BCUT2D eigenvalue weighted by molar-refractivity contribution is 7.86. The highest BCUT2D eigenvalue weighted by Gasteiger charge is 2.69. The van der Waals surface area contributed by atoms with E-state index in [1.807, 2.05) is 30.3 Å². The predicted molar refractivity (Wildman–Crippen MR) is 152 cm³/mol. The number of aromatic nitrogens is 4. The van der Waals surface area contributed by atoms with Gasteiger partial charge in [0, 0.05) is 22.1 Å². The van der Waals surface area contributed by atoms with E-state index in [1.165, 1.54) is 0 Å².